The molecule has 0 saturated carbocycles. The summed E-state index contributed by atoms with van der Waals surface area (Å²) in [7, 11) is 0. The van der Waals surface area contributed by atoms with Crippen LogP contribution in [0.15, 0.2) is 53.3 Å². The van der Waals surface area contributed by atoms with Crippen LogP contribution in [0, 0.1) is 28.1 Å². The van der Waals surface area contributed by atoms with Crippen molar-refractivity contribution in [2.75, 3.05) is 0 Å². The van der Waals surface area contributed by atoms with E-state index in [2.05, 4.69) is 6.58 Å². The fraction of sp³-hybridized carbons (Fsp3) is 0. The number of rotatable bonds is 1. The lowest BCUT2D eigenvalue weighted by Gasteiger charge is -2.21. The Bertz CT molecular complexity index is 785. The van der Waals surface area contributed by atoms with E-state index < -0.39 is 0 Å². The van der Waals surface area contributed by atoms with Crippen LogP contribution in [0.4, 0.5) is 0 Å². The van der Waals surface area contributed by atoms with Gasteiger partial charge in [-0.15, -0.1) is 0 Å². The largest absolute Gasteiger partial charge is 0.396 e. The summed E-state index contributed by atoms with van der Waals surface area (Å²) in [5.41, 5.74) is 6.98. The van der Waals surface area contributed by atoms with Crippen molar-refractivity contribution in [1.82, 2.24) is 0 Å². The Balaban J connectivity index is 2.89. The number of benzene rings is 1. The van der Waals surface area contributed by atoms with Crippen molar-refractivity contribution in [2.45, 2.75) is 0 Å². The van der Waals surface area contributed by atoms with Crippen LogP contribution in [0.25, 0.3) is 5.57 Å². The molecular formula is C15H9ClN4. The standard InChI is InChI=1S/C15H9ClN4/c1-8-10(6-17)13(9-4-2-3-5-12(9)16)11(7-18)15(20)14(8)19/h2-5,19H,1,20H2. The van der Waals surface area contributed by atoms with E-state index in [1.165, 1.54) is 0 Å². The van der Waals surface area contributed by atoms with Gasteiger partial charge in [-0.1, -0.05) is 36.4 Å². The maximum absolute atomic E-state index is 9.32. The number of hydrogen-bond acceptors (Lipinski definition) is 4. The summed E-state index contributed by atoms with van der Waals surface area (Å²) >= 11 is 6.13. The van der Waals surface area contributed by atoms with E-state index >= 15 is 0 Å². The average molecular weight is 281 g/mol. The highest BCUT2D eigenvalue weighted by Crippen LogP contribution is 2.38. The maximum Gasteiger partial charge on any atom is 0.102 e. The molecule has 0 bridgehead atoms. The molecule has 1 aliphatic rings. The Morgan fingerprint density at radius 2 is 1.75 bits per heavy atom. The molecule has 0 atom stereocenters. The number of nitrogens with one attached hydrogen (secondary N) is 1. The van der Waals surface area contributed by atoms with Gasteiger partial charge >= 0.3 is 0 Å². The lowest BCUT2D eigenvalue weighted by molar-refractivity contribution is 1.31. The highest BCUT2D eigenvalue weighted by molar-refractivity contribution is 6.33. The number of hydrogen-bond donors (Lipinski definition) is 2. The van der Waals surface area contributed by atoms with E-state index in [1.54, 1.807) is 24.3 Å². The number of halogens is 1. The molecule has 5 heteroatoms. The zero-order chi connectivity index (χ0) is 14.9. The fourth-order valence-corrected chi connectivity index (χ4v) is 2.23. The predicted molar refractivity (Wildman–Crippen MR) is 77.7 cm³/mol. The first kappa shape index (κ1) is 13.6. The molecule has 0 fully saturated rings. The molecule has 0 spiro atoms. The van der Waals surface area contributed by atoms with E-state index in [1.807, 2.05) is 12.1 Å². The van der Waals surface area contributed by atoms with E-state index in [9.17, 15) is 10.5 Å². The van der Waals surface area contributed by atoms with Crippen LogP contribution < -0.4 is 5.73 Å². The van der Waals surface area contributed by atoms with Gasteiger partial charge in [0.2, 0.25) is 0 Å². The van der Waals surface area contributed by atoms with Crippen LogP contribution in [0.2, 0.25) is 5.02 Å². The lowest BCUT2D eigenvalue weighted by atomic mass is 9.82. The molecule has 0 heterocycles. The third kappa shape index (κ3) is 1.89. The molecule has 4 nitrogen and oxygen atoms in total. The Morgan fingerprint density at radius 1 is 1.15 bits per heavy atom. The van der Waals surface area contributed by atoms with E-state index in [-0.39, 0.29) is 28.1 Å². The van der Waals surface area contributed by atoms with E-state index in [0.717, 1.165) is 0 Å². The number of allylic oxidation sites excluding steroid dienone is 4. The van der Waals surface area contributed by atoms with E-state index in [0.29, 0.717) is 16.2 Å². The van der Waals surface area contributed by atoms with Crippen molar-refractivity contribution in [1.29, 1.82) is 15.9 Å². The molecule has 1 aromatic carbocycles. The molecule has 0 aromatic heterocycles. The third-order valence-corrected chi connectivity index (χ3v) is 3.34. The minimum atomic E-state index is -0.103. The first-order chi connectivity index (χ1) is 9.52. The molecule has 0 unspecified atom stereocenters. The molecule has 0 radical (unpaired) electrons. The zero-order valence-corrected chi connectivity index (χ0v) is 11.1. The molecule has 0 aliphatic heterocycles. The highest BCUT2D eigenvalue weighted by Gasteiger charge is 2.29. The second kappa shape index (κ2) is 5.05. The molecule has 1 aromatic rings. The van der Waals surface area contributed by atoms with Crippen LogP contribution in [-0.4, -0.2) is 5.71 Å². The third-order valence-electron chi connectivity index (χ3n) is 3.01. The smallest absolute Gasteiger partial charge is 0.102 e. The molecule has 0 saturated heterocycles. The van der Waals surface area contributed by atoms with Gasteiger partial charge in [0.1, 0.15) is 12.1 Å². The number of nitrogens with zero attached hydrogens (tertiary/aromatic N) is 2. The van der Waals surface area contributed by atoms with Gasteiger partial charge < -0.3 is 5.73 Å². The van der Waals surface area contributed by atoms with Crippen molar-refractivity contribution in [2.24, 2.45) is 5.73 Å². The van der Waals surface area contributed by atoms with Gasteiger partial charge in [0.05, 0.1) is 22.6 Å². The summed E-state index contributed by atoms with van der Waals surface area (Å²) in [6.07, 6.45) is 0. The molecule has 0 amide bonds. The predicted octanol–water partition coefficient (Wildman–Crippen LogP) is 2.94. The number of nitriles is 2. The van der Waals surface area contributed by atoms with Crippen LogP contribution in [0.5, 0.6) is 0 Å². The van der Waals surface area contributed by atoms with Crippen molar-refractivity contribution < 1.29 is 0 Å². The highest BCUT2D eigenvalue weighted by atomic mass is 35.5. The summed E-state index contributed by atoms with van der Waals surface area (Å²) in [5, 5.41) is 26.8. The van der Waals surface area contributed by atoms with Gasteiger partial charge in [0.15, 0.2) is 0 Å². The fourth-order valence-electron chi connectivity index (χ4n) is 2.00. The Hall–Kier alpha value is -2.82. The summed E-state index contributed by atoms with van der Waals surface area (Å²) in [5.74, 6) is 0. The van der Waals surface area contributed by atoms with Gasteiger partial charge in [-0.2, -0.15) is 10.5 Å². The van der Waals surface area contributed by atoms with Crippen molar-refractivity contribution in [3.63, 3.8) is 0 Å². The minimum absolute atomic E-state index is 0.00594. The van der Waals surface area contributed by atoms with Gasteiger partial charge in [0, 0.05) is 21.7 Å². The van der Waals surface area contributed by atoms with Gasteiger partial charge in [-0.3, -0.25) is 5.41 Å². The Morgan fingerprint density at radius 3 is 2.30 bits per heavy atom. The quantitative estimate of drug-likeness (QED) is 0.827. The Kier molecular flexibility index (Phi) is 3.43. The molecule has 96 valence electrons. The first-order valence-corrected chi connectivity index (χ1v) is 5.98. The van der Waals surface area contributed by atoms with Gasteiger partial charge in [0.25, 0.3) is 0 Å². The van der Waals surface area contributed by atoms with Crippen LogP contribution in [0.3, 0.4) is 0 Å². The number of nitrogens with two attached hydrogens (primary N) is 1. The van der Waals surface area contributed by atoms with Crippen LogP contribution >= 0.6 is 11.6 Å². The van der Waals surface area contributed by atoms with Crippen molar-refractivity contribution in [3.05, 3.63) is 63.8 Å². The zero-order valence-electron chi connectivity index (χ0n) is 10.4. The minimum Gasteiger partial charge on any atom is -0.396 e. The summed E-state index contributed by atoms with van der Waals surface area (Å²) < 4.78 is 0. The SMILES string of the molecule is C=C1C(=N)C(N)=C(C#N)C(c2ccccc2Cl)=C1C#N. The maximum atomic E-state index is 9.32. The average Bonchev–Trinajstić information content (AvgIpc) is 2.45. The molecule has 1 aliphatic carbocycles. The normalized spacial score (nSPS) is 15.2. The monoisotopic (exact) mass is 280 g/mol. The van der Waals surface area contributed by atoms with E-state index in [4.69, 9.17) is 22.7 Å². The lowest BCUT2D eigenvalue weighted by Crippen LogP contribution is -2.21. The molecular weight excluding hydrogens is 272 g/mol. The topological polar surface area (TPSA) is 97.4 Å². The van der Waals surface area contributed by atoms with Gasteiger partial charge in [-0.25, -0.2) is 0 Å². The summed E-state index contributed by atoms with van der Waals surface area (Å²) in [6, 6.07) is 10.8. The molecule has 20 heavy (non-hydrogen) atoms. The molecule has 3 N–H and O–H groups in total. The summed E-state index contributed by atoms with van der Waals surface area (Å²) in [4.78, 5) is 0. The van der Waals surface area contributed by atoms with Crippen LogP contribution in [0.1, 0.15) is 5.56 Å². The Labute approximate surface area is 121 Å². The second-order valence-corrected chi connectivity index (χ2v) is 4.50. The van der Waals surface area contributed by atoms with Crippen molar-refractivity contribution >= 4 is 22.9 Å². The summed E-state index contributed by atoms with van der Waals surface area (Å²) in [6.45, 7) is 3.70. The first-order valence-electron chi connectivity index (χ1n) is 5.61. The second-order valence-electron chi connectivity index (χ2n) is 4.10. The molecule has 2 rings (SSSR count). The van der Waals surface area contributed by atoms with Gasteiger partial charge in [-0.05, 0) is 6.07 Å². The van der Waals surface area contributed by atoms with Crippen molar-refractivity contribution in [3.8, 4) is 12.1 Å². The van der Waals surface area contributed by atoms with Crippen LogP contribution in [-0.2, 0) is 0 Å².